The summed E-state index contributed by atoms with van der Waals surface area (Å²) in [6.45, 7) is 0.270. The van der Waals surface area contributed by atoms with E-state index in [1.165, 1.54) is 12.1 Å². The van der Waals surface area contributed by atoms with Crippen LogP contribution in [0.2, 0.25) is 10.0 Å². The molecule has 0 aliphatic carbocycles. The molecule has 2 aromatic carbocycles. The maximum absolute atomic E-state index is 13.6. The highest BCUT2D eigenvalue weighted by molar-refractivity contribution is 6.36. The molecule has 0 spiro atoms. The largest absolute Gasteiger partial charge is 0.485 e. The average Bonchev–Trinajstić information content (AvgIpc) is 2.89. The molecule has 3 rings (SSSR count). The van der Waals surface area contributed by atoms with Crippen LogP contribution in [0, 0.1) is 5.82 Å². The van der Waals surface area contributed by atoms with Crippen molar-refractivity contribution in [3.05, 3.63) is 63.4 Å². The summed E-state index contributed by atoms with van der Waals surface area (Å²) < 4.78 is 19.1. The van der Waals surface area contributed by atoms with E-state index in [1.54, 1.807) is 18.2 Å². The number of para-hydroxylation sites is 1. The highest BCUT2D eigenvalue weighted by Crippen LogP contribution is 2.31. The quantitative estimate of drug-likeness (QED) is 0.921. The van der Waals surface area contributed by atoms with Gasteiger partial charge in [-0.3, -0.25) is 4.79 Å². The highest BCUT2D eigenvalue weighted by atomic mass is 35.5. The van der Waals surface area contributed by atoms with Crippen molar-refractivity contribution in [2.75, 3.05) is 6.54 Å². The Hall–Kier alpha value is -1.78. The molecule has 1 aliphatic rings. The molecular weight excluding hydrogens is 328 g/mol. The maximum atomic E-state index is 13.6. The summed E-state index contributed by atoms with van der Waals surface area (Å²) in [5.74, 6) is -0.431. The SMILES string of the molecule is O=C(NCC1Cc2cccc(F)c2O1)c1ccc(Cl)cc1Cl. The standard InChI is InChI=1S/C16H12Cl2FNO2/c17-10-4-5-12(13(18)7-10)16(21)20-8-11-6-9-2-1-3-14(19)15(9)22-11/h1-5,7,11H,6,8H2,(H,20,21). The van der Waals surface area contributed by atoms with Gasteiger partial charge in [0.25, 0.3) is 5.91 Å². The topological polar surface area (TPSA) is 38.3 Å². The summed E-state index contributed by atoms with van der Waals surface area (Å²) in [4.78, 5) is 12.1. The molecule has 2 aromatic rings. The minimum absolute atomic E-state index is 0.270. The minimum atomic E-state index is -0.382. The fraction of sp³-hybridized carbons (Fsp3) is 0.188. The first-order valence-corrected chi connectivity index (χ1v) is 7.47. The van der Waals surface area contributed by atoms with Gasteiger partial charge in [-0.2, -0.15) is 0 Å². The second-order valence-electron chi connectivity index (χ2n) is 5.01. The molecule has 1 amide bonds. The molecule has 1 unspecified atom stereocenters. The Morgan fingerprint density at radius 1 is 1.32 bits per heavy atom. The van der Waals surface area contributed by atoms with Crippen molar-refractivity contribution >= 4 is 29.1 Å². The van der Waals surface area contributed by atoms with Gasteiger partial charge >= 0.3 is 0 Å². The van der Waals surface area contributed by atoms with Gasteiger partial charge in [-0.1, -0.05) is 35.3 Å². The van der Waals surface area contributed by atoms with Crippen molar-refractivity contribution in [1.29, 1.82) is 0 Å². The summed E-state index contributed by atoms with van der Waals surface area (Å²) in [5, 5.41) is 3.49. The molecule has 1 atom stereocenters. The number of carbonyl (C=O) groups excluding carboxylic acids is 1. The van der Waals surface area contributed by atoms with E-state index >= 15 is 0 Å². The summed E-state index contributed by atoms with van der Waals surface area (Å²) in [6.07, 6.45) is 0.267. The number of halogens is 3. The Morgan fingerprint density at radius 3 is 2.86 bits per heavy atom. The molecule has 1 N–H and O–H groups in total. The lowest BCUT2D eigenvalue weighted by molar-refractivity contribution is 0.0933. The van der Waals surface area contributed by atoms with Gasteiger partial charge in [0.15, 0.2) is 11.6 Å². The van der Waals surface area contributed by atoms with Crippen LogP contribution in [-0.4, -0.2) is 18.6 Å². The number of carbonyl (C=O) groups is 1. The zero-order chi connectivity index (χ0) is 15.7. The third-order valence-electron chi connectivity index (χ3n) is 3.45. The highest BCUT2D eigenvalue weighted by Gasteiger charge is 2.26. The lowest BCUT2D eigenvalue weighted by Crippen LogP contribution is -2.34. The van der Waals surface area contributed by atoms with Crippen molar-refractivity contribution in [2.45, 2.75) is 12.5 Å². The van der Waals surface area contributed by atoms with E-state index in [1.807, 2.05) is 6.07 Å². The summed E-state index contributed by atoms with van der Waals surface area (Å²) >= 11 is 11.8. The predicted octanol–water partition coefficient (Wildman–Crippen LogP) is 3.87. The van der Waals surface area contributed by atoms with E-state index in [2.05, 4.69) is 5.32 Å². The van der Waals surface area contributed by atoms with Crippen LogP contribution in [0.4, 0.5) is 4.39 Å². The number of rotatable bonds is 3. The molecule has 114 valence electrons. The number of fused-ring (bicyclic) bond motifs is 1. The Balaban J connectivity index is 1.62. The molecule has 6 heteroatoms. The van der Waals surface area contributed by atoms with Gasteiger partial charge in [0.2, 0.25) is 0 Å². The Bertz CT molecular complexity index is 736. The van der Waals surface area contributed by atoms with Crippen molar-refractivity contribution < 1.29 is 13.9 Å². The second kappa shape index (κ2) is 6.15. The molecule has 0 saturated carbocycles. The minimum Gasteiger partial charge on any atom is -0.485 e. The van der Waals surface area contributed by atoms with Gasteiger partial charge in [0.05, 0.1) is 17.1 Å². The molecular formula is C16H12Cl2FNO2. The molecule has 22 heavy (non-hydrogen) atoms. The molecule has 3 nitrogen and oxygen atoms in total. The summed E-state index contributed by atoms with van der Waals surface area (Å²) in [5.41, 5.74) is 1.15. The van der Waals surface area contributed by atoms with Gasteiger partial charge in [-0.15, -0.1) is 0 Å². The molecule has 0 bridgehead atoms. The van der Waals surface area contributed by atoms with Gasteiger partial charge in [0.1, 0.15) is 6.10 Å². The lowest BCUT2D eigenvalue weighted by atomic mass is 10.1. The van der Waals surface area contributed by atoms with Crippen LogP contribution in [0.5, 0.6) is 5.75 Å². The van der Waals surface area contributed by atoms with Crippen LogP contribution in [0.1, 0.15) is 15.9 Å². The fourth-order valence-corrected chi connectivity index (χ4v) is 2.88. The molecule has 1 heterocycles. The maximum Gasteiger partial charge on any atom is 0.252 e. The number of benzene rings is 2. The van der Waals surface area contributed by atoms with Gasteiger partial charge in [-0.25, -0.2) is 4.39 Å². The molecule has 0 saturated heterocycles. The van der Waals surface area contributed by atoms with Crippen LogP contribution >= 0.6 is 23.2 Å². The van der Waals surface area contributed by atoms with E-state index in [0.29, 0.717) is 17.0 Å². The molecule has 0 radical (unpaired) electrons. The smallest absolute Gasteiger partial charge is 0.252 e. The van der Waals surface area contributed by atoms with Crippen LogP contribution in [0.15, 0.2) is 36.4 Å². The fourth-order valence-electron chi connectivity index (χ4n) is 2.39. The molecule has 0 aromatic heterocycles. The van der Waals surface area contributed by atoms with E-state index in [0.717, 1.165) is 5.56 Å². The van der Waals surface area contributed by atoms with E-state index in [9.17, 15) is 9.18 Å². The number of hydrogen-bond acceptors (Lipinski definition) is 2. The number of hydrogen-bond donors (Lipinski definition) is 1. The van der Waals surface area contributed by atoms with Crippen molar-refractivity contribution in [1.82, 2.24) is 5.32 Å². The Labute approximate surface area is 137 Å². The second-order valence-corrected chi connectivity index (χ2v) is 5.85. The summed E-state index contributed by atoms with van der Waals surface area (Å²) in [6, 6.07) is 9.48. The third kappa shape index (κ3) is 3.03. The van der Waals surface area contributed by atoms with Crippen LogP contribution < -0.4 is 10.1 Å². The lowest BCUT2D eigenvalue weighted by Gasteiger charge is -2.12. The van der Waals surface area contributed by atoms with E-state index in [-0.39, 0.29) is 35.1 Å². The monoisotopic (exact) mass is 339 g/mol. The normalized spacial score (nSPS) is 16.0. The van der Waals surface area contributed by atoms with Crippen molar-refractivity contribution in [2.24, 2.45) is 0 Å². The first kappa shape index (κ1) is 15.1. The zero-order valence-corrected chi connectivity index (χ0v) is 12.9. The Morgan fingerprint density at radius 2 is 2.14 bits per heavy atom. The van der Waals surface area contributed by atoms with Crippen LogP contribution in [-0.2, 0) is 6.42 Å². The third-order valence-corrected chi connectivity index (χ3v) is 3.99. The first-order valence-electron chi connectivity index (χ1n) is 6.72. The molecule has 1 aliphatic heterocycles. The van der Waals surface area contributed by atoms with E-state index < -0.39 is 0 Å². The van der Waals surface area contributed by atoms with Crippen LogP contribution in [0.3, 0.4) is 0 Å². The number of amides is 1. The number of ether oxygens (including phenoxy) is 1. The number of nitrogens with one attached hydrogen (secondary N) is 1. The Kier molecular flexibility index (Phi) is 4.23. The van der Waals surface area contributed by atoms with Crippen molar-refractivity contribution in [3.8, 4) is 5.75 Å². The van der Waals surface area contributed by atoms with Crippen LogP contribution in [0.25, 0.3) is 0 Å². The summed E-state index contributed by atoms with van der Waals surface area (Å²) in [7, 11) is 0. The average molecular weight is 340 g/mol. The predicted molar refractivity (Wildman–Crippen MR) is 83.3 cm³/mol. The van der Waals surface area contributed by atoms with Gasteiger partial charge in [-0.05, 0) is 24.3 Å². The molecule has 0 fully saturated rings. The zero-order valence-electron chi connectivity index (χ0n) is 11.4. The van der Waals surface area contributed by atoms with Gasteiger partial charge < -0.3 is 10.1 Å². The van der Waals surface area contributed by atoms with E-state index in [4.69, 9.17) is 27.9 Å². The van der Waals surface area contributed by atoms with Crippen molar-refractivity contribution in [3.63, 3.8) is 0 Å². The van der Waals surface area contributed by atoms with Gasteiger partial charge in [0, 0.05) is 17.0 Å². The first-order chi connectivity index (χ1) is 10.5.